The second-order valence-electron chi connectivity index (χ2n) is 5.75. The van der Waals surface area contributed by atoms with Crippen LogP contribution in [-0.2, 0) is 0 Å². The van der Waals surface area contributed by atoms with Crippen LogP contribution in [0.2, 0.25) is 0 Å². The Bertz CT molecular complexity index is 1110. The van der Waals surface area contributed by atoms with Gasteiger partial charge in [0.1, 0.15) is 0 Å². The molecule has 3 aromatic heterocycles. The van der Waals surface area contributed by atoms with Gasteiger partial charge in [-0.3, -0.25) is 19.9 Å². The molecule has 0 aliphatic heterocycles. The number of rotatable bonds is 5. The topological polar surface area (TPSA) is 84.0 Å². The third-order valence-electron chi connectivity index (χ3n) is 3.81. The van der Waals surface area contributed by atoms with Gasteiger partial charge >= 0.3 is 0 Å². The maximum atomic E-state index is 12.6. The number of thiophene rings is 1. The van der Waals surface area contributed by atoms with Gasteiger partial charge in [-0.15, -0.1) is 22.7 Å². The summed E-state index contributed by atoms with van der Waals surface area (Å²) in [6.07, 6.45) is 3.42. The molecule has 1 aromatic carbocycles. The van der Waals surface area contributed by atoms with Crippen molar-refractivity contribution in [2.75, 3.05) is 10.6 Å². The SMILES string of the molecule is O=C(Nc1nc(-c2cccnc2)cs1)c1cccc(NC(=O)c2cccs2)c1. The normalized spacial score (nSPS) is 10.4. The summed E-state index contributed by atoms with van der Waals surface area (Å²) in [5.41, 5.74) is 2.63. The van der Waals surface area contributed by atoms with E-state index in [0.29, 0.717) is 21.3 Å². The molecule has 0 saturated heterocycles. The molecular weight excluding hydrogens is 392 g/mol. The molecule has 8 heteroatoms. The van der Waals surface area contributed by atoms with E-state index in [0.717, 1.165) is 11.3 Å². The summed E-state index contributed by atoms with van der Waals surface area (Å²) < 4.78 is 0. The van der Waals surface area contributed by atoms with Gasteiger partial charge in [-0.25, -0.2) is 4.98 Å². The molecule has 6 nitrogen and oxygen atoms in total. The molecule has 0 radical (unpaired) electrons. The fourth-order valence-corrected chi connectivity index (χ4v) is 3.82. The number of benzene rings is 1. The monoisotopic (exact) mass is 406 g/mol. The molecule has 4 aromatic rings. The number of carbonyl (C=O) groups excluding carboxylic acids is 2. The lowest BCUT2D eigenvalue weighted by atomic mass is 10.2. The zero-order chi connectivity index (χ0) is 19.3. The Balaban J connectivity index is 1.45. The number of nitrogens with zero attached hydrogens (tertiary/aromatic N) is 2. The minimum atomic E-state index is -0.292. The lowest BCUT2D eigenvalue weighted by molar-refractivity contribution is 0.101. The van der Waals surface area contributed by atoms with Crippen LogP contribution in [0.4, 0.5) is 10.8 Å². The van der Waals surface area contributed by atoms with Crippen molar-refractivity contribution in [3.63, 3.8) is 0 Å². The first-order chi connectivity index (χ1) is 13.7. The van der Waals surface area contributed by atoms with E-state index < -0.39 is 0 Å². The first-order valence-corrected chi connectivity index (χ1v) is 10.1. The molecule has 2 N–H and O–H groups in total. The minimum Gasteiger partial charge on any atom is -0.321 e. The molecule has 2 amide bonds. The average molecular weight is 406 g/mol. The highest BCUT2D eigenvalue weighted by molar-refractivity contribution is 7.14. The van der Waals surface area contributed by atoms with Gasteiger partial charge in [-0.1, -0.05) is 12.1 Å². The van der Waals surface area contributed by atoms with Gasteiger partial charge in [-0.2, -0.15) is 0 Å². The van der Waals surface area contributed by atoms with E-state index in [2.05, 4.69) is 20.6 Å². The number of carbonyl (C=O) groups is 2. The van der Waals surface area contributed by atoms with Gasteiger partial charge in [0.2, 0.25) is 0 Å². The summed E-state index contributed by atoms with van der Waals surface area (Å²) in [7, 11) is 0. The molecular formula is C20H14N4O2S2. The van der Waals surface area contributed by atoms with Crippen LogP contribution in [-0.4, -0.2) is 21.8 Å². The lowest BCUT2D eigenvalue weighted by Gasteiger charge is -2.06. The van der Waals surface area contributed by atoms with Crippen molar-refractivity contribution < 1.29 is 9.59 Å². The largest absolute Gasteiger partial charge is 0.321 e. The van der Waals surface area contributed by atoms with E-state index >= 15 is 0 Å². The number of anilines is 2. The molecule has 3 heterocycles. The highest BCUT2D eigenvalue weighted by Crippen LogP contribution is 2.24. The molecule has 0 aliphatic carbocycles. The van der Waals surface area contributed by atoms with Crippen LogP contribution >= 0.6 is 22.7 Å². The third kappa shape index (κ3) is 4.13. The Kier molecular flexibility index (Phi) is 5.22. The molecule has 4 rings (SSSR count). The first kappa shape index (κ1) is 18.0. The van der Waals surface area contributed by atoms with E-state index in [1.807, 2.05) is 29.0 Å². The highest BCUT2D eigenvalue weighted by Gasteiger charge is 2.12. The summed E-state index contributed by atoms with van der Waals surface area (Å²) in [4.78, 5) is 33.8. The summed E-state index contributed by atoms with van der Waals surface area (Å²) in [5.74, 6) is -0.493. The van der Waals surface area contributed by atoms with Crippen LogP contribution in [0.1, 0.15) is 20.0 Å². The van der Waals surface area contributed by atoms with E-state index in [4.69, 9.17) is 0 Å². The number of hydrogen-bond acceptors (Lipinski definition) is 6. The summed E-state index contributed by atoms with van der Waals surface area (Å²) in [5, 5.41) is 9.80. The van der Waals surface area contributed by atoms with Crippen molar-refractivity contribution in [1.82, 2.24) is 9.97 Å². The third-order valence-corrected chi connectivity index (χ3v) is 5.44. The van der Waals surface area contributed by atoms with Crippen LogP contribution < -0.4 is 10.6 Å². The van der Waals surface area contributed by atoms with Crippen LogP contribution in [0, 0.1) is 0 Å². The van der Waals surface area contributed by atoms with E-state index in [1.165, 1.54) is 22.7 Å². The second kappa shape index (κ2) is 8.12. The van der Waals surface area contributed by atoms with Gasteiger partial charge in [-0.05, 0) is 41.8 Å². The van der Waals surface area contributed by atoms with E-state index in [9.17, 15) is 9.59 Å². The fraction of sp³-hybridized carbons (Fsp3) is 0. The average Bonchev–Trinajstić information content (AvgIpc) is 3.41. The van der Waals surface area contributed by atoms with Gasteiger partial charge < -0.3 is 5.32 Å². The number of aromatic nitrogens is 2. The number of thiazole rings is 1. The zero-order valence-electron chi connectivity index (χ0n) is 14.5. The maximum Gasteiger partial charge on any atom is 0.265 e. The van der Waals surface area contributed by atoms with Crippen LogP contribution in [0.3, 0.4) is 0 Å². The van der Waals surface area contributed by atoms with Crippen molar-refractivity contribution in [1.29, 1.82) is 0 Å². The van der Waals surface area contributed by atoms with Gasteiger partial charge in [0.25, 0.3) is 11.8 Å². The zero-order valence-corrected chi connectivity index (χ0v) is 16.1. The van der Waals surface area contributed by atoms with Crippen LogP contribution in [0.25, 0.3) is 11.3 Å². The molecule has 0 spiro atoms. The molecule has 0 unspecified atom stereocenters. The molecule has 0 bridgehead atoms. The van der Waals surface area contributed by atoms with Crippen molar-refractivity contribution >= 4 is 45.3 Å². The van der Waals surface area contributed by atoms with Crippen molar-refractivity contribution in [3.05, 3.63) is 82.1 Å². The Morgan fingerprint density at radius 1 is 0.929 bits per heavy atom. The van der Waals surface area contributed by atoms with Crippen LogP contribution in [0.5, 0.6) is 0 Å². The Hall–Kier alpha value is -3.36. The minimum absolute atomic E-state index is 0.200. The van der Waals surface area contributed by atoms with Gasteiger partial charge in [0.05, 0.1) is 10.6 Å². The Morgan fingerprint density at radius 2 is 1.86 bits per heavy atom. The summed E-state index contributed by atoms with van der Waals surface area (Å²) in [6, 6.07) is 14.1. The van der Waals surface area contributed by atoms with Gasteiger partial charge in [0, 0.05) is 34.6 Å². The number of nitrogens with one attached hydrogen (secondary N) is 2. The predicted molar refractivity (Wildman–Crippen MR) is 112 cm³/mol. The number of hydrogen-bond donors (Lipinski definition) is 2. The molecule has 138 valence electrons. The highest BCUT2D eigenvalue weighted by atomic mass is 32.1. The number of pyridine rings is 1. The summed E-state index contributed by atoms with van der Waals surface area (Å²) >= 11 is 2.70. The second-order valence-corrected chi connectivity index (χ2v) is 7.55. The standard InChI is InChI=1S/C20H14N4O2S2/c25-18(24-20-23-16(12-28-20)14-5-2-8-21-11-14)13-4-1-6-15(10-13)22-19(26)17-7-3-9-27-17/h1-12H,(H,22,26)(H,23,24,25). The maximum absolute atomic E-state index is 12.6. The molecule has 0 saturated carbocycles. The molecule has 28 heavy (non-hydrogen) atoms. The smallest absolute Gasteiger partial charge is 0.265 e. The summed E-state index contributed by atoms with van der Waals surface area (Å²) in [6.45, 7) is 0. The molecule has 0 fully saturated rings. The van der Waals surface area contributed by atoms with E-state index in [-0.39, 0.29) is 11.8 Å². The molecule has 0 atom stereocenters. The predicted octanol–water partition coefficient (Wildman–Crippen LogP) is 4.77. The van der Waals surface area contributed by atoms with Crippen molar-refractivity contribution in [3.8, 4) is 11.3 Å². The Labute approximate surface area is 168 Å². The lowest BCUT2D eigenvalue weighted by Crippen LogP contribution is -2.14. The van der Waals surface area contributed by atoms with Crippen molar-refractivity contribution in [2.45, 2.75) is 0 Å². The van der Waals surface area contributed by atoms with Gasteiger partial charge in [0.15, 0.2) is 5.13 Å². The van der Waals surface area contributed by atoms with E-state index in [1.54, 1.807) is 42.7 Å². The molecule has 0 aliphatic rings. The van der Waals surface area contributed by atoms with Crippen LogP contribution in [0.15, 0.2) is 71.7 Å². The fourth-order valence-electron chi connectivity index (χ4n) is 2.49. The first-order valence-electron chi connectivity index (χ1n) is 8.31. The number of amides is 2. The Morgan fingerprint density at radius 3 is 2.64 bits per heavy atom. The quantitative estimate of drug-likeness (QED) is 0.500. The van der Waals surface area contributed by atoms with Crippen molar-refractivity contribution in [2.24, 2.45) is 0 Å².